The van der Waals surface area contributed by atoms with Crippen LogP contribution in [-0.2, 0) is 14.9 Å². The van der Waals surface area contributed by atoms with Crippen molar-refractivity contribution in [1.82, 2.24) is 15.1 Å². The number of ether oxygens (including phenoxy) is 1. The van der Waals surface area contributed by atoms with Crippen molar-refractivity contribution in [1.29, 1.82) is 0 Å². The van der Waals surface area contributed by atoms with Gasteiger partial charge in [0.1, 0.15) is 5.01 Å². The van der Waals surface area contributed by atoms with Gasteiger partial charge in [-0.1, -0.05) is 32.1 Å². The lowest BCUT2D eigenvalue weighted by atomic mass is 9.96. The minimum atomic E-state index is 0.0225. The molecule has 0 spiro atoms. The molecule has 0 radical (unpaired) electrons. The summed E-state index contributed by atoms with van der Waals surface area (Å²) in [7, 11) is 0. The predicted octanol–water partition coefficient (Wildman–Crippen LogP) is 1.91. The fourth-order valence-corrected chi connectivity index (χ4v) is 3.98. The van der Waals surface area contributed by atoms with Crippen LogP contribution in [0.25, 0.3) is 0 Å². The van der Waals surface area contributed by atoms with E-state index in [-0.39, 0.29) is 17.2 Å². The first-order chi connectivity index (χ1) is 10.9. The zero-order valence-electron chi connectivity index (χ0n) is 14.2. The molecular weight excluding hydrogens is 312 g/mol. The number of hydrogen-bond acceptors (Lipinski definition) is 6. The normalized spacial score (nSPS) is 23.2. The molecule has 7 heteroatoms. The molecule has 6 nitrogen and oxygen atoms in total. The van der Waals surface area contributed by atoms with Gasteiger partial charge in [-0.05, 0) is 12.8 Å². The summed E-state index contributed by atoms with van der Waals surface area (Å²) in [4.78, 5) is 16.9. The standard InChI is InChI=1S/C16H26N4O2S/c1-16(2,3)14-17-18-15(23-14)20-6-4-5-12(11-20)13(21)19-7-9-22-10-8-19/h12H,4-11H2,1-3H3. The Morgan fingerprint density at radius 1 is 1.22 bits per heavy atom. The third-order valence-corrected chi connectivity index (χ3v) is 5.83. The Bertz CT molecular complexity index is 549. The summed E-state index contributed by atoms with van der Waals surface area (Å²) in [5.74, 6) is 0.349. The van der Waals surface area contributed by atoms with E-state index >= 15 is 0 Å². The highest BCUT2D eigenvalue weighted by molar-refractivity contribution is 7.15. The van der Waals surface area contributed by atoms with Gasteiger partial charge in [0.25, 0.3) is 0 Å². The second kappa shape index (κ2) is 6.73. The Labute approximate surface area is 141 Å². The third-order valence-electron chi connectivity index (χ3n) is 4.42. The van der Waals surface area contributed by atoms with Gasteiger partial charge >= 0.3 is 0 Å². The SMILES string of the molecule is CC(C)(C)c1nnc(N2CCCC(C(=O)N3CCOCC3)C2)s1. The maximum atomic E-state index is 12.7. The van der Waals surface area contributed by atoms with Crippen LogP contribution in [0.15, 0.2) is 0 Å². The minimum Gasteiger partial charge on any atom is -0.378 e. The Hall–Kier alpha value is -1.21. The van der Waals surface area contributed by atoms with Crippen molar-refractivity contribution in [2.24, 2.45) is 5.92 Å². The average molecular weight is 338 g/mol. The molecule has 2 aliphatic heterocycles. The van der Waals surface area contributed by atoms with Gasteiger partial charge in [-0.15, -0.1) is 10.2 Å². The quantitative estimate of drug-likeness (QED) is 0.824. The largest absolute Gasteiger partial charge is 0.378 e. The zero-order chi connectivity index (χ0) is 16.4. The van der Waals surface area contributed by atoms with Crippen molar-refractivity contribution in [3.05, 3.63) is 5.01 Å². The molecule has 128 valence electrons. The van der Waals surface area contributed by atoms with Crippen molar-refractivity contribution in [3.8, 4) is 0 Å². The molecule has 23 heavy (non-hydrogen) atoms. The van der Waals surface area contributed by atoms with E-state index in [0.29, 0.717) is 13.2 Å². The lowest BCUT2D eigenvalue weighted by Crippen LogP contribution is -2.48. The molecule has 2 aliphatic rings. The molecule has 0 N–H and O–H groups in total. The van der Waals surface area contributed by atoms with Gasteiger partial charge in [0.05, 0.1) is 19.1 Å². The van der Waals surface area contributed by atoms with Crippen molar-refractivity contribution in [2.45, 2.75) is 39.0 Å². The smallest absolute Gasteiger partial charge is 0.227 e. The van der Waals surface area contributed by atoms with Gasteiger partial charge in [-0.25, -0.2) is 0 Å². The Morgan fingerprint density at radius 2 is 1.96 bits per heavy atom. The maximum Gasteiger partial charge on any atom is 0.227 e. The van der Waals surface area contributed by atoms with Crippen molar-refractivity contribution >= 4 is 22.4 Å². The predicted molar refractivity (Wildman–Crippen MR) is 90.9 cm³/mol. The van der Waals surface area contributed by atoms with Crippen LogP contribution in [0.2, 0.25) is 0 Å². The van der Waals surface area contributed by atoms with Crippen LogP contribution in [0.3, 0.4) is 0 Å². The first-order valence-corrected chi connectivity index (χ1v) is 9.22. The fourth-order valence-electron chi connectivity index (χ4n) is 3.04. The van der Waals surface area contributed by atoms with E-state index < -0.39 is 0 Å². The molecule has 1 aromatic rings. The Kier molecular flexibility index (Phi) is 4.87. The number of carbonyl (C=O) groups is 1. The highest BCUT2D eigenvalue weighted by Crippen LogP contribution is 2.32. The summed E-state index contributed by atoms with van der Waals surface area (Å²) in [5, 5.41) is 10.7. The Balaban J connectivity index is 1.66. The minimum absolute atomic E-state index is 0.0225. The molecule has 2 saturated heterocycles. The summed E-state index contributed by atoms with van der Waals surface area (Å²) in [5.41, 5.74) is 0.0225. The van der Waals surface area contributed by atoms with E-state index in [2.05, 4.69) is 35.9 Å². The number of aromatic nitrogens is 2. The molecule has 1 atom stereocenters. The number of morpholine rings is 1. The molecule has 1 amide bonds. The number of anilines is 1. The van der Waals surface area contributed by atoms with Gasteiger partial charge < -0.3 is 14.5 Å². The number of piperidine rings is 1. The summed E-state index contributed by atoms with van der Waals surface area (Å²) in [6.45, 7) is 10.9. The average Bonchev–Trinajstić information content (AvgIpc) is 3.05. The van der Waals surface area contributed by atoms with E-state index in [1.165, 1.54) is 0 Å². The topological polar surface area (TPSA) is 58.6 Å². The highest BCUT2D eigenvalue weighted by Gasteiger charge is 2.32. The van der Waals surface area contributed by atoms with Gasteiger partial charge in [-0.2, -0.15) is 0 Å². The molecule has 0 aliphatic carbocycles. The summed E-state index contributed by atoms with van der Waals surface area (Å²) in [6.07, 6.45) is 2.00. The van der Waals surface area contributed by atoms with Crippen molar-refractivity contribution in [3.63, 3.8) is 0 Å². The van der Waals surface area contributed by atoms with E-state index in [9.17, 15) is 4.79 Å². The zero-order valence-corrected chi connectivity index (χ0v) is 15.1. The molecule has 2 fully saturated rings. The number of amides is 1. The van der Waals surface area contributed by atoms with Gasteiger partial charge in [0, 0.05) is 31.6 Å². The molecular formula is C16H26N4O2S. The van der Waals surface area contributed by atoms with E-state index in [1.54, 1.807) is 11.3 Å². The molecule has 0 aromatic carbocycles. The van der Waals surface area contributed by atoms with Gasteiger partial charge in [0.2, 0.25) is 11.0 Å². The second-order valence-electron chi connectivity index (χ2n) is 7.36. The molecule has 0 bridgehead atoms. The molecule has 3 heterocycles. The molecule has 0 saturated carbocycles. The van der Waals surface area contributed by atoms with Crippen LogP contribution in [0, 0.1) is 5.92 Å². The van der Waals surface area contributed by atoms with E-state index in [1.807, 2.05) is 4.90 Å². The van der Waals surface area contributed by atoms with Gasteiger partial charge in [0.15, 0.2) is 0 Å². The lowest BCUT2D eigenvalue weighted by molar-refractivity contribution is -0.139. The molecule has 3 rings (SSSR count). The van der Waals surface area contributed by atoms with E-state index in [0.717, 1.165) is 49.2 Å². The van der Waals surface area contributed by atoms with Crippen molar-refractivity contribution < 1.29 is 9.53 Å². The third kappa shape index (κ3) is 3.83. The number of carbonyl (C=O) groups excluding carboxylic acids is 1. The second-order valence-corrected chi connectivity index (χ2v) is 8.32. The monoisotopic (exact) mass is 338 g/mol. The summed E-state index contributed by atoms with van der Waals surface area (Å²) >= 11 is 1.65. The first kappa shape index (κ1) is 16.6. The van der Waals surface area contributed by atoms with Crippen LogP contribution in [0.1, 0.15) is 38.6 Å². The van der Waals surface area contributed by atoms with Gasteiger partial charge in [-0.3, -0.25) is 4.79 Å². The summed E-state index contributed by atoms with van der Waals surface area (Å²) < 4.78 is 5.34. The molecule has 1 unspecified atom stereocenters. The van der Waals surface area contributed by atoms with Crippen LogP contribution < -0.4 is 4.90 Å². The van der Waals surface area contributed by atoms with Crippen LogP contribution in [-0.4, -0.2) is 60.4 Å². The van der Waals surface area contributed by atoms with Crippen LogP contribution in [0.5, 0.6) is 0 Å². The number of nitrogens with zero attached hydrogens (tertiary/aromatic N) is 4. The first-order valence-electron chi connectivity index (χ1n) is 8.40. The van der Waals surface area contributed by atoms with Crippen LogP contribution >= 0.6 is 11.3 Å². The van der Waals surface area contributed by atoms with Crippen LogP contribution in [0.4, 0.5) is 5.13 Å². The summed E-state index contributed by atoms with van der Waals surface area (Å²) in [6, 6.07) is 0. The number of hydrogen-bond donors (Lipinski definition) is 0. The number of rotatable bonds is 2. The fraction of sp³-hybridized carbons (Fsp3) is 0.812. The van der Waals surface area contributed by atoms with Crippen molar-refractivity contribution in [2.75, 3.05) is 44.3 Å². The molecule has 1 aromatic heterocycles. The Morgan fingerprint density at radius 3 is 2.61 bits per heavy atom. The lowest BCUT2D eigenvalue weighted by Gasteiger charge is -2.35. The maximum absolute atomic E-state index is 12.7. The highest BCUT2D eigenvalue weighted by atomic mass is 32.1. The van der Waals surface area contributed by atoms with E-state index in [4.69, 9.17) is 4.74 Å².